The van der Waals surface area contributed by atoms with Gasteiger partial charge in [0.1, 0.15) is 11.6 Å². The summed E-state index contributed by atoms with van der Waals surface area (Å²) in [7, 11) is 1.25. The van der Waals surface area contributed by atoms with Crippen LogP contribution in [0.1, 0.15) is 0 Å². The number of nitrogens with zero attached hydrogens (tertiary/aromatic N) is 1. The zero-order valence-corrected chi connectivity index (χ0v) is 8.95. The first kappa shape index (κ1) is 11.3. The van der Waals surface area contributed by atoms with Gasteiger partial charge in [0.05, 0.1) is 7.11 Å². The number of hydrogen-bond donors (Lipinski definition) is 0. The third-order valence-corrected chi connectivity index (χ3v) is 2.48. The predicted octanol–water partition coefficient (Wildman–Crippen LogP) is 2.36. The van der Waals surface area contributed by atoms with E-state index in [1.54, 1.807) is 6.07 Å². The van der Waals surface area contributed by atoms with Crippen molar-refractivity contribution in [2.45, 2.75) is 4.90 Å². The Kier molecular flexibility index (Phi) is 4.45. The number of nitriles is 1. The summed E-state index contributed by atoms with van der Waals surface area (Å²) in [6.07, 6.45) is 0. The second-order valence-corrected chi connectivity index (χ2v) is 3.51. The van der Waals surface area contributed by atoms with Crippen LogP contribution in [0, 0.1) is 11.3 Å². The zero-order chi connectivity index (χ0) is 11.1. The summed E-state index contributed by atoms with van der Waals surface area (Å²) in [6.45, 7) is 0. The fraction of sp³-hybridized carbons (Fsp3) is 0.0909. The summed E-state index contributed by atoms with van der Waals surface area (Å²) in [5.74, 6) is -0.610. The SMILES string of the molecule is COC(=O)C(C#N)=CSc1ccccc1. The van der Waals surface area contributed by atoms with Crippen LogP contribution in [0.15, 0.2) is 46.2 Å². The number of benzene rings is 1. The molecule has 0 N–H and O–H groups in total. The highest BCUT2D eigenvalue weighted by Crippen LogP contribution is 2.20. The molecule has 0 fully saturated rings. The average molecular weight is 219 g/mol. The molecule has 0 unspecified atom stereocenters. The molecule has 0 amide bonds. The van der Waals surface area contributed by atoms with E-state index in [-0.39, 0.29) is 5.57 Å². The third kappa shape index (κ3) is 3.49. The number of carbonyl (C=O) groups excluding carboxylic acids is 1. The molecule has 76 valence electrons. The van der Waals surface area contributed by atoms with Crippen LogP contribution in [0.2, 0.25) is 0 Å². The van der Waals surface area contributed by atoms with E-state index in [1.807, 2.05) is 30.3 Å². The molecular formula is C11H9NO2S. The van der Waals surface area contributed by atoms with Crippen molar-refractivity contribution in [3.8, 4) is 6.07 Å². The molecule has 3 nitrogen and oxygen atoms in total. The maximum absolute atomic E-state index is 11.0. The Morgan fingerprint density at radius 2 is 2.13 bits per heavy atom. The second kappa shape index (κ2) is 5.89. The molecule has 0 aliphatic rings. The molecule has 0 atom stereocenters. The topological polar surface area (TPSA) is 50.1 Å². The number of carbonyl (C=O) groups is 1. The molecule has 0 saturated carbocycles. The number of hydrogen-bond acceptors (Lipinski definition) is 4. The molecule has 0 aromatic heterocycles. The monoisotopic (exact) mass is 219 g/mol. The number of methoxy groups -OCH3 is 1. The standard InChI is InChI=1S/C11H9NO2S/c1-14-11(13)9(7-12)8-15-10-5-3-2-4-6-10/h2-6,8H,1H3. The maximum atomic E-state index is 11.0. The van der Waals surface area contributed by atoms with E-state index in [1.165, 1.54) is 24.3 Å². The lowest BCUT2D eigenvalue weighted by Gasteiger charge is -1.96. The Labute approximate surface area is 92.4 Å². The van der Waals surface area contributed by atoms with Gasteiger partial charge in [0.15, 0.2) is 0 Å². The molecule has 0 saturated heterocycles. The first-order valence-corrected chi connectivity index (χ1v) is 5.06. The summed E-state index contributed by atoms with van der Waals surface area (Å²) in [5, 5.41) is 10.2. The molecule has 0 bridgehead atoms. The van der Waals surface area contributed by atoms with E-state index in [4.69, 9.17) is 5.26 Å². The van der Waals surface area contributed by atoms with Gasteiger partial charge in [-0.25, -0.2) is 4.79 Å². The van der Waals surface area contributed by atoms with Gasteiger partial charge in [-0.05, 0) is 12.1 Å². The first-order chi connectivity index (χ1) is 7.27. The molecule has 0 heterocycles. The Morgan fingerprint density at radius 3 is 2.67 bits per heavy atom. The van der Waals surface area contributed by atoms with E-state index < -0.39 is 5.97 Å². The van der Waals surface area contributed by atoms with E-state index in [9.17, 15) is 4.79 Å². The predicted molar refractivity (Wildman–Crippen MR) is 58.0 cm³/mol. The Balaban J connectivity index is 2.72. The van der Waals surface area contributed by atoms with Crippen molar-refractivity contribution in [2.24, 2.45) is 0 Å². The van der Waals surface area contributed by atoms with Gasteiger partial charge in [0.2, 0.25) is 0 Å². The van der Waals surface area contributed by atoms with E-state index >= 15 is 0 Å². The molecule has 0 spiro atoms. The van der Waals surface area contributed by atoms with Crippen molar-refractivity contribution in [3.63, 3.8) is 0 Å². The van der Waals surface area contributed by atoms with Crippen LogP contribution >= 0.6 is 11.8 Å². The molecule has 15 heavy (non-hydrogen) atoms. The molecule has 1 aromatic carbocycles. The van der Waals surface area contributed by atoms with Crippen molar-refractivity contribution in [1.82, 2.24) is 0 Å². The third-order valence-electron chi connectivity index (χ3n) is 1.58. The summed E-state index contributed by atoms with van der Waals surface area (Å²) >= 11 is 1.31. The van der Waals surface area contributed by atoms with Gasteiger partial charge >= 0.3 is 5.97 Å². The number of rotatable bonds is 3. The minimum atomic E-state index is -0.610. The van der Waals surface area contributed by atoms with Crippen molar-refractivity contribution in [1.29, 1.82) is 5.26 Å². The first-order valence-electron chi connectivity index (χ1n) is 4.18. The average Bonchev–Trinajstić information content (AvgIpc) is 2.31. The highest BCUT2D eigenvalue weighted by Gasteiger charge is 2.07. The molecule has 0 aliphatic carbocycles. The quantitative estimate of drug-likeness (QED) is 0.339. The fourth-order valence-corrected chi connectivity index (χ4v) is 1.57. The van der Waals surface area contributed by atoms with Crippen LogP contribution in [0.25, 0.3) is 0 Å². The van der Waals surface area contributed by atoms with Gasteiger partial charge in [-0.3, -0.25) is 0 Å². The van der Waals surface area contributed by atoms with Crippen LogP contribution in [0.4, 0.5) is 0 Å². The van der Waals surface area contributed by atoms with Crippen LogP contribution in [-0.2, 0) is 9.53 Å². The molecular weight excluding hydrogens is 210 g/mol. The van der Waals surface area contributed by atoms with Gasteiger partial charge < -0.3 is 4.74 Å². The van der Waals surface area contributed by atoms with Crippen LogP contribution in [-0.4, -0.2) is 13.1 Å². The zero-order valence-electron chi connectivity index (χ0n) is 8.14. The molecule has 0 aliphatic heterocycles. The number of esters is 1. The largest absolute Gasteiger partial charge is 0.465 e. The lowest BCUT2D eigenvalue weighted by molar-refractivity contribution is -0.135. The highest BCUT2D eigenvalue weighted by atomic mass is 32.2. The van der Waals surface area contributed by atoms with Gasteiger partial charge in [0, 0.05) is 10.3 Å². The van der Waals surface area contributed by atoms with Crippen LogP contribution in [0.3, 0.4) is 0 Å². The van der Waals surface area contributed by atoms with Crippen molar-refractivity contribution in [3.05, 3.63) is 41.3 Å². The Morgan fingerprint density at radius 1 is 1.47 bits per heavy atom. The fourth-order valence-electron chi connectivity index (χ4n) is 0.856. The maximum Gasteiger partial charge on any atom is 0.349 e. The summed E-state index contributed by atoms with van der Waals surface area (Å²) in [6, 6.07) is 11.3. The highest BCUT2D eigenvalue weighted by molar-refractivity contribution is 8.02. The molecule has 1 aromatic rings. The molecule has 0 radical (unpaired) electrons. The lowest BCUT2D eigenvalue weighted by Crippen LogP contribution is -2.01. The van der Waals surface area contributed by atoms with Crippen molar-refractivity contribution >= 4 is 17.7 Å². The lowest BCUT2D eigenvalue weighted by atomic mass is 10.3. The summed E-state index contributed by atoms with van der Waals surface area (Å²) in [4.78, 5) is 12.0. The van der Waals surface area contributed by atoms with E-state index in [0.717, 1.165) is 4.90 Å². The van der Waals surface area contributed by atoms with Crippen LogP contribution in [0.5, 0.6) is 0 Å². The Hall–Kier alpha value is -1.73. The summed E-state index contributed by atoms with van der Waals surface area (Å²) in [5.41, 5.74) is 0.00588. The van der Waals surface area contributed by atoms with Crippen molar-refractivity contribution < 1.29 is 9.53 Å². The normalized spacial score (nSPS) is 10.5. The van der Waals surface area contributed by atoms with Crippen LogP contribution < -0.4 is 0 Å². The smallest absolute Gasteiger partial charge is 0.349 e. The van der Waals surface area contributed by atoms with Gasteiger partial charge in [-0.2, -0.15) is 5.26 Å². The van der Waals surface area contributed by atoms with Crippen molar-refractivity contribution in [2.75, 3.05) is 7.11 Å². The van der Waals surface area contributed by atoms with Gasteiger partial charge in [0.25, 0.3) is 0 Å². The van der Waals surface area contributed by atoms with Gasteiger partial charge in [-0.1, -0.05) is 30.0 Å². The molecule has 4 heteroatoms. The van der Waals surface area contributed by atoms with Gasteiger partial charge in [-0.15, -0.1) is 0 Å². The minimum absolute atomic E-state index is 0.00588. The number of ether oxygens (including phenoxy) is 1. The van der Waals surface area contributed by atoms with E-state index in [2.05, 4.69) is 4.74 Å². The van der Waals surface area contributed by atoms with E-state index in [0.29, 0.717) is 0 Å². The Bertz CT molecular complexity index is 406. The second-order valence-electron chi connectivity index (χ2n) is 2.57. The minimum Gasteiger partial charge on any atom is -0.465 e. The molecule has 1 rings (SSSR count). The number of thioether (sulfide) groups is 1. The summed E-state index contributed by atoms with van der Waals surface area (Å²) < 4.78 is 4.45.